The summed E-state index contributed by atoms with van der Waals surface area (Å²) < 4.78 is 0. The molecule has 0 aromatic carbocycles. The summed E-state index contributed by atoms with van der Waals surface area (Å²) in [4.78, 5) is 33.8. The van der Waals surface area contributed by atoms with Gasteiger partial charge in [-0.3, -0.25) is 4.79 Å². The monoisotopic (exact) mass is 285 g/mol. The molecule has 0 bridgehead atoms. The van der Waals surface area contributed by atoms with Crippen molar-refractivity contribution in [3.05, 3.63) is 0 Å². The average molecular weight is 285 g/mol. The lowest BCUT2D eigenvalue weighted by Gasteiger charge is -2.14. The summed E-state index contributed by atoms with van der Waals surface area (Å²) in [7, 11) is 0. The second-order valence-electron chi connectivity index (χ2n) is 5.00. The molecule has 7 heteroatoms. The van der Waals surface area contributed by atoms with Crippen molar-refractivity contribution in [1.29, 1.82) is 0 Å². The number of unbranched alkanes of at least 4 members (excludes halogenated alkanes) is 1. The van der Waals surface area contributed by atoms with Crippen molar-refractivity contribution in [3.8, 4) is 0 Å². The number of carboxylic acids is 1. The van der Waals surface area contributed by atoms with E-state index in [0.717, 1.165) is 25.7 Å². The summed E-state index contributed by atoms with van der Waals surface area (Å²) in [5.74, 6) is -0.858. The van der Waals surface area contributed by atoms with Crippen LogP contribution in [-0.2, 0) is 9.59 Å². The Balaban J connectivity index is 2.13. The highest BCUT2D eigenvalue weighted by atomic mass is 16.4. The summed E-state index contributed by atoms with van der Waals surface area (Å²) in [6.07, 6.45) is 3.92. The van der Waals surface area contributed by atoms with Gasteiger partial charge in [0.15, 0.2) is 0 Å². The van der Waals surface area contributed by atoms with Gasteiger partial charge in [0.2, 0.25) is 5.91 Å². The molecule has 0 spiro atoms. The lowest BCUT2D eigenvalue weighted by molar-refractivity contribution is -0.139. The first-order valence-electron chi connectivity index (χ1n) is 7.09. The topological polar surface area (TPSA) is 108 Å². The molecule has 0 radical (unpaired) electrons. The minimum Gasteiger partial charge on any atom is -0.480 e. The molecule has 0 aromatic heterocycles. The number of carbonyl (C=O) groups excluding carboxylic acids is 2. The highest BCUT2D eigenvalue weighted by Crippen LogP contribution is 2.28. The van der Waals surface area contributed by atoms with Crippen LogP contribution in [0.3, 0.4) is 0 Å². The van der Waals surface area contributed by atoms with Crippen molar-refractivity contribution in [3.63, 3.8) is 0 Å². The van der Waals surface area contributed by atoms with E-state index < -0.39 is 18.0 Å². The lowest BCUT2D eigenvalue weighted by Crippen LogP contribution is -2.47. The van der Waals surface area contributed by atoms with Gasteiger partial charge in [0.05, 0.1) is 0 Å². The van der Waals surface area contributed by atoms with Crippen LogP contribution in [-0.4, -0.2) is 42.1 Å². The normalized spacial score (nSPS) is 15.2. The smallest absolute Gasteiger partial charge is 0.326 e. The Kier molecular flexibility index (Phi) is 6.83. The van der Waals surface area contributed by atoms with Crippen LogP contribution in [0, 0.1) is 5.92 Å². The number of carbonyl (C=O) groups is 3. The standard InChI is InChI=1S/C13H23N3O4/c1-2-3-4-10(12(18)19)16-13(20)15-8-7-14-11(17)9-5-6-9/h9-10H,2-8H2,1H3,(H,14,17)(H,18,19)(H2,15,16,20)/t10-/m0/s1. The number of carboxylic acid groups (broad SMARTS) is 1. The van der Waals surface area contributed by atoms with E-state index in [1.807, 2.05) is 6.92 Å². The fourth-order valence-corrected chi connectivity index (χ4v) is 1.73. The molecule has 1 atom stereocenters. The summed E-state index contributed by atoms with van der Waals surface area (Å²) >= 11 is 0. The molecule has 3 amide bonds. The molecular formula is C13H23N3O4. The molecular weight excluding hydrogens is 262 g/mol. The van der Waals surface area contributed by atoms with Crippen molar-refractivity contribution in [2.75, 3.05) is 13.1 Å². The summed E-state index contributed by atoms with van der Waals surface area (Å²) in [5, 5.41) is 16.6. The van der Waals surface area contributed by atoms with E-state index in [1.165, 1.54) is 0 Å². The van der Waals surface area contributed by atoms with Gasteiger partial charge in [-0.05, 0) is 19.3 Å². The second kappa shape index (κ2) is 8.39. The van der Waals surface area contributed by atoms with Crippen molar-refractivity contribution < 1.29 is 19.5 Å². The summed E-state index contributed by atoms with van der Waals surface area (Å²) in [6, 6.07) is -1.38. The van der Waals surface area contributed by atoms with Gasteiger partial charge in [-0.25, -0.2) is 9.59 Å². The molecule has 20 heavy (non-hydrogen) atoms. The third-order valence-electron chi connectivity index (χ3n) is 3.11. The van der Waals surface area contributed by atoms with Crippen LogP contribution in [0.1, 0.15) is 39.0 Å². The van der Waals surface area contributed by atoms with Crippen molar-refractivity contribution in [2.24, 2.45) is 5.92 Å². The highest BCUT2D eigenvalue weighted by Gasteiger charge is 2.29. The predicted molar refractivity (Wildman–Crippen MR) is 73.2 cm³/mol. The number of hydrogen-bond donors (Lipinski definition) is 4. The second-order valence-corrected chi connectivity index (χ2v) is 5.00. The zero-order chi connectivity index (χ0) is 15.0. The molecule has 1 aliphatic rings. The Bertz CT molecular complexity index is 356. The van der Waals surface area contributed by atoms with Gasteiger partial charge in [-0.2, -0.15) is 0 Å². The van der Waals surface area contributed by atoms with Gasteiger partial charge in [-0.15, -0.1) is 0 Å². The maximum Gasteiger partial charge on any atom is 0.326 e. The molecule has 0 aromatic rings. The van der Waals surface area contributed by atoms with E-state index in [2.05, 4.69) is 16.0 Å². The van der Waals surface area contributed by atoms with E-state index in [-0.39, 0.29) is 18.4 Å². The number of hydrogen-bond acceptors (Lipinski definition) is 3. The molecule has 0 unspecified atom stereocenters. The molecule has 1 rings (SSSR count). The van der Waals surface area contributed by atoms with E-state index in [0.29, 0.717) is 13.0 Å². The maximum absolute atomic E-state index is 11.5. The van der Waals surface area contributed by atoms with Crippen molar-refractivity contribution in [1.82, 2.24) is 16.0 Å². The number of rotatable bonds is 9. The molecule has 7 nitrogen and oxygen atoms in total. The van der Waals surface area contributed by atoms with E-state index in [9.17, 15) is 14.4 Å². The van der Waals surface area contributed by atoms with Crippen LogP contribution in [0.2, 0.25) is 0 Å². The van der Waals surface area contributed by atoms with Gasteiger partial charge < -0.3 is 21.1 Å². The Morgan fingerprint density at radius 2 is 1.85 bits per heavy atom. The van der Waals surface area contributed by atoms with Gasteiger partial charge in [0.25, 0.3) is 0 Å². The van der Waals surface area contributed by atoms with Crippen LogP contribution in [0.25, 0.3) is 0 Å². The summed E-state index contributed by atoms with van der Waals surface area (Å²) in [6.45, 7) is 2.60. The Labute approximate surface area is 118 Å². The third kappa shape index (κ3) is 6.40. The highest BCUT2D eigenvalue weighted by molar-refractivity contribution is 5.82. The van der Waals surface area contributed by atoms with Crippen LogP contribution in [0.15, 0.2) is 0 Å². The zero-order valence-corrected chi connectivity index (χ0v) is 11.8. The molecule has 0 saturated heterocycles. The van der Waals surface area contributed by atoms with Crippen LogP contribution >= 0.6 is 0 Å². The van der Waals surface area contributed by atoms with Crippen molar-refractivity contribution >= 4 is 17.9 Å². The number of nitrogens with one attached hydrogen (secondary N) is 3. The Morgan fingerprint density at radius 1 is 1.20 bits per heavy atom. The first-order valence-corrected chi connectivity index (χ1v) is 7.09. The van der Waals surface area contributed by atoms with Crippen molar-refractivity contribution in [2.45, 2.75) is 45.1 Å². The van der Waals surface area contributed by atoms with E-state index >= 15 is 0 Å². The SMILES string of the molecule is CCCC[C@H](NC(=O)NCCNC(=O)C1CC1)C(=O)O. The molecule has 114 valence electrons. The third-order valence-corrected chi connectivity index (χ3v) is 3.11. The van der Waals surface area contributed by atoms with Gasteiger partial charge >= 0.3 is 12.0 Å². The number of amides is 3. The molecule has 1 fully saturated rings. The average Bonchev–Trinajstić information content (AvgIpc) is 3.23. The van der Waals surface area contributed by atoms with E-state index in [4.69, 9.17) is 5.11 Å². The molecule has 0 aliphatic heterocycles. The van der Waals surface area contributed by atoms with Gasteiger partial charge in [0, 0.05) is 19.0 Å². The largest absolute Gasteiger partial charge is 0.480 e. The first-order chi connectivity index (χ1) is 9.54. The molecule has 1 saturated carbocycles. The Hall–Kier alpha value is -1.79. The predicted octanol–water partition coefficient (Wildman–Crippen LogP) is 0.455. The minimum atomic E-state index is -1.03. The maximum atomic E-state index is 11.5. The zero-order valence-electron chi connectivity index (χ0n) is 11.8. The fraction of sp³-hybridized carbons (Fsp3) is 0.769. The van der Waals surface area contributed by atoms with Gasteiger partial charge in [0.1, 0.15) is 6.04 Å². The number of urea groups is 1. The molecule has 0 heterocycles. The van der Waals surface area contributed by atoms with Gasteiger partial charge in [-0.1, -0.05) is 19.8 Å². The Morgan fingerprint density at radius 3 is 2.40 bits per heavy atom. The number of aliphatic carboxylic acids is 1. The molecule has 4 N–H and O–H groups in total. The van der Waals surface area contributed by atoms with Crippen LogP contribution in [0.5, 0.6) is 0 Å². The summed E-state index contributed by atoms with van der Waals surface area (Å²) in [5.41, 5.74) is 0. The fourth-order valence-electron chi connectivity index (χ4n) is 1.73. The quantitative estimate of drug-likeness (QED) is 0.461. The van der Waals surface area contributed by atoms with Crippen LogP contribution in [0.4, 0.5) is 4.79 Å². The molecule has 1 aliphatic carbocycles. The first kappa shape index (κ1) is 16.3. The van der Waals surface area contributed by atoms with E-state index in [1.54, 1.807) is 0 Å². The lowest BCUT2D eigenvalue weighted by atomic mass is 10.1. The minimum absolute atomic E-state index is 0.0265. The van der Waals surface area contributed by atoms with Crippen LogP contribution < -0.4 is 16.0 Å².